The Morgan fingerprint density at radius 2 is 2.38 bits per heavy atom. The molecule has 1 aromatic carbocycles. The lowest BCUT2D eigenvalue weighted by atomic mass is 10.2. The van der Waals surface area contributed by atoms with Crippen LogP contribution in [0.25, 0.3) is 0 Å². The van der Waals surface area contributed by atoms with E-state index < -0.39 is 5.82 Å². The zero-order valence-electron chi connectivity index (χ0n) is 8.79. The second-order valence-corrected chi connectivity index (χ2v) is 4.08. The first-order valence-corrected chi connectivity index (χ1v) is 6.05. The van der Waals surface area contributed by atoms with Crippen LogP contribution in [-0.4, -0.2) is 17.9 Å². The van der Waals surface area contributed by atoms with E-state index >= 15 is 0 Å². The van der Waals surface area contributed by atoms with E-state index in [0.29, 0.717) is 12.2 Å². The van der Waals surface area contributed by atoms with Crippen LogP contribution < -0.4 is 5.32 Å². The van der Waals surface area contributed by atoms with Crippen molar-refractivity contribution >= 4 is 23.4 Å². The van der Waals surface area contributed by atoms with Gasteiger partial charge in [0, 0.05) is 12.2 Å². The molecule has 0 fully saturated rings. The molecule has 3 nitrogen and oxygen atoms in total. The van der Waals surface area contributed by atoms with Crippen molar-refractivity contribution in [1.82, 2.24) is 0 Å². The van der Waals surface area contributed by atoms with E-state index in [9.17, 15) is 9.18 Å². The second kappa shape index (κ2) is 6.13. The Morgan fingerprint density at radius 1 is 1.62 bits per heavy atom. The van der Waals surface area contributed by atoms with E-state index in [4.69, 9.17) is 5.26 Å². The van der Waals surface area contributed by atoms with Gasteiger partial charge in [0.15, 0.2) is 0 Å². The smallest absolute Gasteiger partial charge is 0.225 e. The number of benzene rings is 1. The highest BCUT2D eigenvalue weighted by Crippen LogP contribution is 2.15. The molecular formula is C11H11FN2OS. The highest BCUT2D eigenvalue weighted by molar-refractivity contribution is 7.98. The van der Waals surface area contributed by atoms with E-state index in [2.05, 4.69) is 5.32 Å². The monoisotopic (exact) mass is 238 g/mol. The molecule has 0 unspecified atom stereocenters. The Kier molecular flexibility index (Phi) is 4.80. The summed E-state index contributed by atoms with van der Waals surface area (Å²) >= 11 is 1.55. The lowest BCUT2D eigenvalue weighted by Crippen LogP contribution is -2.13. The molecule has 0 aliphatic rings. The van der Waals surface area contributed by atoms with Gasteiger partial charge in [0.1, 0.15) is 5.82 Å². The molecule has 0 radical (unpaired) electrons. The second-order valence-electron chi connectivity index (χ2n) is 3.10. The fourth-order valence-corrected chi connectivity index (χ4v) is 1.48. The summed E-state index contributed by atoms with van der Waals surface area (Å²) in [5.41, 5.74) is 0.352. The molecule has 1 amide bonds. The lowest BCUT2D eigenvalue weighted by molar-refractivity contribution is -0.115. The zero-order chi connectivity index (χ0) is 12.0. The third kappa shape index (κ3) is 3.55. The van der Waals surface area contributed by atoms with Gasteiger partial charge in [-0.15, -0.1) is 0 Å². The Balaban J connectivity index is 2.68. The first-order valence-electron chi connectivity index (χ1n) is 4.66. The number of rotatable bonds is 4. The molecular weight excluding hydrogens is 227 g/mol. The van der Waals surface area contributed by atoms with Crippen molar-refractivity contribution < 1.29 is 9.18 Å². The predicted octanol–water partition coefficient (Wildman–Crippen LogP) is 2.39. The number of nitriles is 1. The van der Waals surface area contributed by atoms with Gasteiger partial charge in [0.25, 0.3) is 0 Å². The highest BCUT2D eigenvalue weighted by atomic mass is 32.2. The maximum atomic E-state index is 13.3. The van der Waals surface area contributed by atoms with E-state index in [1.165, 1.54) is 12.1 Å². The predicted molar refractivity (Wildman–Crippen MR) is 62.7 cm³/mol. The first kappa shape index (κ1) is 12.5. The largest absolute Gasteiger partial charge is 0.324 e. The van der Waals surface area contributed by atoms with Gasteiger partial charge in [-0.1, -0.05) is 0 Å². The summed E-state index contributed by atoms with van der Waals surface area (Å²) in [5, 5.41) is 11.0. The summed E-state index contributed by atoms with van der Waals surface area (Å²) in [6.07, 6.45) is 2.25. The van der Waals surface area contributed by atoms with Crippen LogP contribution in [0.3, 0.4) is 0 Å². The molecule has 1 N–H and O–H groups in total. The summed E-state index contributed by atoms with van der Waals surface area (Å²) in [4.78, 5) is 11.3. The van der Waals surface area contributed by atoms with Gasteiger partial charge in [0.2, 0.25) is 5.91 Å². The standard InChI is InChI=1S/C11H11FN2OS/c1-16-5-4-11(15)14-10-3-2-8(7-13)6-9(10)12/h2-3,6H,4-5H2,1H3,(H,14,15). The minimum absolute atomic E-state index is 0.116. The zero-order valence-corrected chi connectivity index (χ0v) is 9.60. The van der Waals surface area contributed by atoms with Crippen LogP contribution in [0.1, 0.15) is 12.0 Å². The quantitative estimate of drug-likeness (QED) is 0.876. The summed E-state index contributed by atoms with van der Waals surface area (Å²) in [7, 11) is 0. The van der Waals surface area contributed by atoms with Crippen molar-refractivity contribution in [2.24, 2.45) is 0 Å². The van der Waals surface area contributed by atoms with Crippen LogP contribution in [-0.2, 0) is 4.79 Å². The number of hydrogen-bond acceptors (Lipinski definition) is 3. The number of carbonyl (C=O) groups excluding carboxylic acids is 1. The molecule has 0 saturated heterocycles. The van der Waals surface area contributed by atoms with Crippen molar-refractivity contribution in [1.29, 1.82) is 5.26 Å². The highest BCUT2D eigenvalue weighted by Gasteiger charge is 2.07. The van der Waals surface area contributed by atoms with E-state index in [0.717, 1.165) is 6.07 Å². The molecule has 1 rings (SSSR count). The van der Waals surface area contributed by atoms with Crippen LogP contribution in [0.5, 0.6) is 0 Å². The third-order valence-electron chi connectivity index (χ3n) is 1.91. The molecule has 0 spiro atoms. The minimum atomic E-state index is -0.587. The van der Waals surface area contributed by atoms with Crippen molar-refractivity contribution in [3.05, 3.63) is 29.6 Å². The minimum Gasteiger partial charge on any atom is -0.324 e. The number of hydrogen-bond donors (Lipinski definition) is 1. The normalized spacial score (nSPS) is 9.56. The molecule has 16 heavy (non-hydrogen) atoms. The Hall–Kier alpha value is -1.54. The number of thioether (sulfide) groups is 1. The number of halogens is 1. The maximum absolute atomic E-state index is 13.3. The summed E-state index contributed by atoms with van der Waals surface area (Å²) in [6, 6.07) is 5.79. The molecule has 0 aliphatic carbocycles. The molecule has 84 valence electrons. The van der Waals surface area contributed by atoms with Crippen LogP contribution in [0, 0.1) is 17.1 Å². The first-order chi connectivity index (χ1) is 7.67. The molecule has 0 heterocycles. The molecule has 5 heteroatoms. The number of nitrogens with one attached hydrogen (secondary N) is 1. The van der Waals surface area contributed by atoms with E-state index in [1.807, 2.05) is 12.3 Å². The van der Waals surface area contributed by atoms with Crippen LogP contribution >= 0.6 is 11.8 Å². The summed E-state index contributed by atoms with van der Waals surface area (Å²) in [6.45, 7) is 0. The van der Waals surface area contributed by atoms with Gasteiger partial charge in [0.05, 0.1) is 17.3 Å². The number of amides is 1. The average molecular weight is 238 g/mol. The average Bonchev–Trinajstić information content (AvgIpc) is 2.29. The van der Waals surface area contributed by atoms with Gasteiger partial charge >= 0.3 is 0 Å². The SMILES string of the molecule is CSCCC(=O)Nc1ccc(C#N)cc1F. The fraction of sp³-hybridized carbons (Fsp3) is 0.273. The molecule has 0 aliphatic heterocycles. The number of carbonyl (C=O) groups is 1. The summed E-state index contributed by atoms with van der Waals surface area (Å²) < 4.78 is 13.3. The number of nitrogens with zero attached hydrogens (tertiary/aromatic N) is 1. The lowest BCUT2D eigenvalue weighted by Gasteiger charge is -2.05. The molecule has 0 bridgehead atoms. The summed E-state index contributed by atoms with van der Waals surface area (Å²) in [5.74, 6) is -0.112. The van der Waals surface area contributed by atoms with Gasteiger partial charge < -0.3 is 5.32 Å². The molecule has 0 aromatic heterocycles. The van der Waals surface area contributed by atoms with E-state index in [-0.39, 0.29) is 17.2 Å². The third-order valence-corrected chi connectivity index (χ3v) is 2.52. The van der Waals surface area contributed by atoms with Crippen molar-refractivity contribution in [3.8, 4) is 6.07 Å². The van der Waals surface area contributed by atoms with Crippen molar-refractivity contribution in [2.75, 3.05) is 17.3 Å². The molecule has 0 atom stereocenters. The Morgan fingerprint density at radius 3 is 2.94 bits per heavy atom. The van der Waals surface area contributed by atoms with Gasteiger partial charge in [-0.05, 0) is 24.5 Å². The van der Waals surface area contributed by atoms with E-state index in [1.54, 1.807) is 11.8 Å². The molecule has 0 saturated carbocycles. The van der Waals surface area contributed by atoms with Gasteiger partial charge in [-0.2, -0.15) is 17.0 Å². The molecule has 1 aromatic rings. The Labute approximate surface area is 97.6 Å². The van der Waals surface area contributed by atoms with Gasteiger partial charge in [-0.3, -0.25) is 4.79 Å². The fourth-order valence-electron chi connectivity index (χ4n) is 1.09. The van der Waals surface area contributed by atoms with Gasteiger partial charge in [-0.25, -0.2) is 4.39 Å². The van der Waals surface area contributed by atoms with Crippen LogP contribution in [0.4, 0.5) is 10.1 Å². The number of anilines is 1. The van der Waals surface area contributed by atoms with Crippen molar-refractivity contribution in [2.45, 2.75) is 6.42 Å². The van der Waals surface area contributed by atoms with Crippen molar-refractivity contribution in [3.63, 3.8) is 0 Å². The Bertz CT molecular complexity index is 428. The van der Waals surface area contributed by atoms with Crippen LogP contribution in [0.2, 0.25) is 0 Å². The topological polar surface area (TPSA) is 52.9 Å². The maximum Gasteiger partial charge on any atom is 0.225 e. The van der Waals surface area contributed by atoms with Crippen LogP contribution in [0.15, 0.2) is 18.2 Å².